The van der Waals surface area contributed by atoms with Gasteiger partial charge in [-0.2, -0.15) is 0 Å². The maximum atomic E-state index is 12.3. The molecule has 8 nitrogen and oxygen atoms in total. The number of halogens is 1. The number of nitrogens with one attached hydrogen (secondary N) is 2. The van der Waals surface area contributed by atoms with Gasteiger partial charge in [0, 0.05) is 30.1 Å². The molecule has 4 rings (SSSR count). The highest BCUT2D eigenvalue weighted by Gasteiger charge is 2.30. The molecule has 1 saturated carbocycles. The molecular formula is C22H26ClN5O3S. The molecule has 2 N–H and O–H groups in total. The molecule has 2 aliphatic rings. The molecule has 32 heavy (non-hydrogen) atoms. The van der Waals surface area contributed by atoms with E-state index < -0.39 is 0 Å². The van der Waals surface area contributed by atoms with Crippen LogP contribution in [0.3, 0.4) is 0 Å². The van der Waals surface area contributed by atoms with Crippen molar-refractivity contribution in [3.8, 4) is 5.75 Å². The van der Waals surface area contributed by atoms with Gasteiger partial charge < -0.3 is 20.3 Å². The highest BCUT2D eigenvalue weighted by atomic mass is 35.5. The molecule has 1 aromatic carbocycles. The highest BCUT2D eigenvalue weighted by Crippen LogP contribution is 2.28. The van der Waals surface area contributed by atoms with Crippen LogP contribution in [0.2, 0.25) is 5.02 Å². The summed E-state index contributed by atoms with van der Waals surface area (Å²) in [6.07, 6.45) is 3.87. The van der Waals surface area contributed by atoms with Gasteiger partial charge in [-0.1, -0.05) is 23.4 Å². The lowest BCUT2D eigenvalue weighted by molar-refractivity contribution is -0.125. The van der Waals surface area contributed by atoms with Crippen LogP contribution in [0.1, 0.15) is 25.7 Å². The van der Waals surface area contributed by atoms with Crippen LogP contribution in [0.4, 0.5) is 11.5 Å². The Morgan fingerprint density at radius 1 is 1.16 bits per heavy atom. The van der Waals surface area contributed by atoms with Crippen LogP contribution in [0, 0.1) is 5.92 Å². The van der Waals surface area contributed by atoms with Gasteiger partial charge in [-0.05, 0) is 56.0 Å². The van der Waals surface area contributed by atoms with Crippen molar-refractivity contribution in [3.63, 3.8) is 0 Å². The zero-order valence-corrected chi connectivity index (χ0v) is 19.4. The fourth-order valence-corrected chi connectivity index (χ4v) is 4.37. The Balaban J connectivity index is 1.24. The van der Waals surface area contributed by atoms with Gasteiger partial charge in [-0.25, -0.2) is 0 Å². The summed E-state index contributed by atoms with van der Waals surface area (Å²) in [5.41, 5.74) is 0.529. The molecule has 2 amide bonds. The van der Waals surface area contributed by atoms with Crippen LogP contribution in [-0.4, -0.2) is 54.0 Å². The molecule has 1 aromatic heterocycles. The number of aromatic nitrogens is 2. The molecule has 0 unspecified atom stereocenters. The molecule has 2 heterocycles. The summed E-state index contributed by atoms with van der Waals surface area (Å²) in [6, 6.07) is 9.25. The van der Waals surface area contributed by atoms with Crippen molar-refractivity contribution in [2.75, 3.05) is 36.2 Å². The monoisotopic (exact) mass is 475 g/mol. The van der Waals surface area contributed by atoms with Crippen LogP contribution in [0.5, 0.6) is 5.75 Å². The molecule has 1 aliphatic carbocycles. The van der Waals surface area contributed by atoms with Crippen molar-refractivity contribution in [1.82, 2.24) is 15.5 Å². The lowest BCUT2D eigenvalue weighted by Gasteiger charge is -2.31. The number of rotatable bonds is 8. The Hall–Kier alpha value is -2.52. The Bertz CT molecular complexity index is 963. The Labute approximate surface area is 196 Å². The summed E-state index contributed by atoms with van der Waals surface area (Å²) in [6.45, 7) is 1.57. The van der Waals surface area contributed by atoms with Gasteiger partial charge >= 0.3 is 0 Å². The van der Waals surface area contributed by atoms with E-state index >= 15 is 0 Å². The number of hydrogen-bond acceptors (Lipinski definition) is 7. The van der Waals surface area contributed by atoms with Gasteiger partial charge in [-0.15, -0.1) is 10.2 Å². The van der Waals surface area contributed by atoms with Gasteiger partial charge in [-0.3, -0.25) is 9.59 Å². The number of carbonyl (C=O) groups excluding carboxylic acids is 2. The third kappa shape index (κ3) is 6.04. The summed E-state index contributed by atoms with van der Waals surface area (Å²) in [5.74, 6) is 1.62. The van der Waals surface area contributed by atoms with Crippen molar-refractivity contribution in [2.45, 2.75) is 36.8 Å². The number of hydrogen-bond donors (Lipinski definition) is 2. The summed E-state index contributed by atoms with van der Waals surface area (Å²) >= 11 is 7.31. The van der Waals surface area contributed by atoms with Crippen molar-refractivity contribution in [3.05, 3.63) is 35.4 Å². The smallest absolute Gasteiger partial charge is 0.234 e. The fourth-order valence-electron chi connectivity index (χ4n) is 3.58. The summed E-state index contributed by atoms with van der Waals surface area (Å²) in [7, 11) is 1.54. The first-order chi connectivity index (χ1) is 15.5. The topological polar surface area (TPSA) is 96.5 Å². The van der Waals surface area contributed by atoms with E-state index in [0.29, 0.717) is 27.5 Å². The van der Waals surface area contributed by atoms with E-state index in [2.05, 4.69) is 25.7 Å². The third-order valence-electron chi connectivity index (χ3n) is 5.53. The van der Waals surface area contributed by atoms with Crippen LogP contribution in [0.15, 0.2) is 35.4 Å². The SMILES string of the molecule is COc1ccc(Cl)cc1NC(=O)CSc1ccc(N2CCC(C(=O)NC3CC3)CC2)nn1. The number of carbonyl (C=O) groups is 2. The predicted molar refractivity (Wildman–Crippen MR) is 125 cm³/mol. The molecule has 0 atom stereocenters. The van der Waals surface area contributed by atoms with Crippen molar-refractivity contribution in [2.24, 2.45) is 5.92 Å². The largest absolute Gasteiger partial charge is 0.495 e. The van der Waals surface area contributed by atoms with E-state index in [1.165, 1.54) is 18.9 Å². The van der Waals surface area contributed by atoms with Gasteiger partial charge in [0.05, 0.1) is 18.6 Å². The van der Waals surface area contributed by atoms with Gasteiger partial charge in [0.2, 0.25) is 11.8 Å². The third-order valence-corrected chi connectivity index (χ3v) is 6.68. The second-order valence-corrected chi connectivity index (χ2v) is 9.39. The summed E-state index contributed by atoms with van der Waals surface area (Å²) in [4.78, 5) is 26.7. The molecular weight excluding hydrogens is 450 g/mol. The van der Waals surface area contributed by atoms with Crippen LogP contribution < -0.4 is 20.3 Å². The minimum absolute atomic E-state index is 0.0891. The van der Waals surface area contributed by atoms with Gasteiger partial charge in [0.1, 0.15) is 10.8 Å². The molecule has 0 bridgehead atoms. The maximum Gasteiger partial charge on any atom is 0.234 e. The van der Waals surface area contributed by atoms with E-state index in [9.17, 15) is 9.59 Å². The zero-order chi connectivity index (χ0) is 22.5. The first kappa shape index (κ1) is 22.7. The van der Waals surface area contributed by atoms with E-state index in [1.54, 1.807) is 18.2 Å². The number of amides is 2. The van der Waals surface area contributed by atoms with E-state index in [4.69, 9.17) is 16.3 Å². The zero-order valence-electron chi connectivity index (χ0n) is 17.8. The lowest BCUT2D eigenvalue weighted by atomic mass is 9.96. The first-order valence-corrected chi connectivity index (χ1v) is 12.0. The minimum atomic E-state index is -0.187. The van der Waals surface area contributed by atoms with Gasteiger partial charge in [0.25, 0.3) is 0 Å². The quantitative estimate of drug-likeness (QED) is 0.565. The second kappa shape index (κ2) is 10.4. The molecule has 2 fully saturated rings. The number of benzene rings is 1. The Morgan fingerprint density at radius 2 is 1.94 bits per heavy atom. The van der Waals surface area contributed by atoms with Crippen molar-refractivity contribution in [1.29, 1.82) is 0 Å². The number of methoxy groups -OCH3 is 1. The van der Waals surface area contributed by atoms with E-state index in [-0.39, 0.29) is 23.5 Å². The number of anilines is 2. The molecule has 1 saturated heterocycles. The number of thioether (sulfide) groups is 1. The van der Waals surface area contributed by atoms with Crippen molar-refractivity contribution < 1.29 is 14.3 Å². The summed E-state index contributed by atoms with van der Waals surface area (Å²) < 4.78 is 5.24. The number of piperidine rings is 1. The van der Waals surface area contributed by atoms with Crippen LogP contribution in [-0.2, 0) is 9.59 Å². The van der Waals surface area contributed by atoms with E-state index in [1.807, 2.05) is 12.1 Å². The van der Waals surface area contributed by atoms with Crippen molar-refractivity contribution >= 4 is 46.7 Å². The Kier molecular flexibility index (Phi) is 7.36. The number of nitrogens with zero attached hydrogens (tertiary/aromatic N) is 3. The standard InChI is InChI=1S/C22H26ClN5O3S/c1-31-18-5-2-15(23)12-17(18)25-20(29)13-32-21-7-6-19(26-27-21)28-10-8-14(9-11-28)22(30)24-16-3-4-16/h2,5-7,12,14,16H,3-4,8-11,13H2,1H3,(H,24,30)(H,25,29). The minimum Gasteiger partial charge on any atom is -0.495 e. The number of ether oxygens (including phenoxy) is 1. The first-order valence-electron chi connectivity index (χ1n) is 10.7. The molecule has 0 radical (unpaired) electrons. The fraction of sp³-hybridized carbons (Fsp3) is 0.455. The van der Waals surface area contributed by atoms with Gasteiger partial charge in [0.15, 0.2) is 5.82 Å². The molecule has 0 spiro atoms. The molecule has 1 aliphatic heterocycles. The summed E-state index contributed by atoms with van der Waals surface area (Å²) in [5, 5.41) is 15.7. The van der Waals surface area contributed by atoms with Crippen LogP contribution >= 0.6 is 23.4 Å². The Morgan fingerprint density at radius 3 is 2.59 bits per heavy atom. The molecule has 10 heteroatoms. The highest BCUT2D eigenvalue weighted by molar-refractivity contribution is 7.99. The average molecular weight is 476 g/mol. The van der Waals surface area contributed by atoms with Crippen LogP contribution in [0.25, 0.3) is 0 Å². The second-order valence-electron chi connectivity index (χ2n) is 7.96. The molecule has 2 aromatic rings. The maximum absolute atomic E-state index is 12.3. The average Bonchev–Trinajstić information content (AvgIpc) is 3.62. The predicted octanol–water partition coefficient (Wildman–Crippen LogP) is 3.36. The molecule has 170 valence electrons. The van der Waals surface area contributed by atoms with E-state index in [0.717, 1.165) is 44.6 Å². The normalized spacial score (nSPS) is 16.5. The lowest BCUT2D eigenvalue weighted by Crippen LogP contribution is -2.41.